The van der Waals surface area contributed by atoms with Crippen LogP contribution in [0.4, 0.5) is 5.82 Å². The molecular weight excluding hydrogens is 410 g/mol. The van der Waals surface area contributed by atoms with Crippen molar-refractivity contribution in [1.29, 1.82) is 5.41 Å². The fraction of sp³-hybridized carbons (Fsp3) is 0.346. The summed E-state index contributed by atoms with van der Waals surface area (Å²) in [5.74, 6) is 1.71. The number of benzene rings is 2. The number of likely N-dealkylation sites (tertiary alicyclic amines) is 1. The lowest BCUT2D eigenvalue weighted by Crippen LogP contribution is -2.31. The van der Waals surface area contributed by atoms with E-state index in [1.54, 1.807) is 0 Å². The molecule has 2 aromatic carbocycles. The predicted molar refractivity (Wildman–Crippen MR) is 135 cm³/mol. The number of nitrogens with zero attached hydrogens (tertiary/aromatic N) is 3. The molecule has 0 atom stereocenters. The van der Waals surface area contributed by atoms with Gasteiger partial charge in [0.05, 0.1) is 5.39 Å². The van der Waals surface area contributed by atoms with Gasteiger partial charge in [-0.2, -0.15) is 0 Å². The summed E-state index contributed by atoms with van der Waals surface area (Å²) in [6, 6.07) is 16.1. The Labute approximate surface area is 193 Å². The summed E-state index contributed by atoms with van der Waals surface area (Å²) >= 11 is 0. The van der Waals surface area contributed by atoms with Gasteiger partial charge in [-0.25, -0.2) is 9.97 Å². The minimum Gasteiger partial charge on any atom is -0.384 e. The standard InChI is InChI=1S/C26H31N7/c27-24(28)19-10-11-20-21(17-19)30-26-23(20)25(29-12-7-15-33-13-5-2-6-14-33)31-22(32-26)16-18-8-3-1-4-9-18/h1,3-4,8-11,17H,2,5-7,12-16H2,(H3,27,28)(H2,29,30,31,32). The van der Waals surface area contributed by atoms with Crippen molar-refractivity contribution in [2.45, 2.75) is 32.1 Å². The Hall–Kier alpha value is -3.45. The first kappa shape index (κ1) is 21.4. The summed E-state index contributed by atoms with van der Waals surface area (Å²) in [4.78, 5) is 15.8. The molecule has 0 spiro atoms. The highest BCUT2D eigenvalue weighted by molar-refractivity contribution is 6.12. The average molecular weight is 442 g/mol. The van der Waals surface area contributed by atoms with Crippen LogP contribution < -0.4 is 11.1 Å². The van der Waals surface area contributed by atoms with Crippen LogP contribution in [0.5, 0.6) is 0 Å². The SMILES string of the molecule is N=C(N)c1ccc2c(c1)[nH]c1nc(Cc3ccccc3)nc(NCCCN3CCCCC3)c12. The van der Waals surface area contributed by atoms with Crippen molar-refractivity contribution in [3.05, 3.63) is 65.5 Å². The monoisotopic (exact) mass is 441 g/mol. The van der Waals surface area contributed by atoms with Crippen molar-refractivity contribution in [3.63, 3.8) is 0 Å². The molecule has 4 aromatic rings. The third kappa shape index (κ3) is 4.83. The summed E-state index contributed by atoms with van der Waals surface area (Å²) in [6.45, 7) is 4.43. The highest BCUT2D eigenvalue weighted by atomic mass is 15.1. The number of nitrogen functional groups attached to an aromatic ring is 1. The van der Waals surface area contributed by atoms with Crippen LogP contribution in [-0.4, -0.2) is 51.9 Å². The zero-order valence-electron chi connectivity index (χ0n) is 18.9. The molecule has 0 bridgehead atoms. The molecule has 0 amide bonds. The van der Waals surface area contributed by atoms with E-state index in [2.05, 4.69) is 27.3 Å². The average Bonchev–Trinajstić information content (AvgIpc) is 3.20. The molecule has 1 aliphatic rings. The number of piperidine rings is 1. The van der Waals surface area contributed by atoms with E-state index in [4.69, 9.17) is 21.1 Å². The van der Waals surface area contributed by atoms with Crippen LogP contribution >= 0.6 is 0 Å². The van der Waals surface area contributed by atoms with Crippen molar-refractivity contribution in [3.8, 4) is 0 Å². The number of anilines is 1. The van der Waals surface area contributed by atoms with E-state index >= 15 is 0 Å². The number of hydrogen-bond acceptors (Lipinski definition) is 5. The minimum atomic E-state index is 0.0578. The Morgan fingerprint density at radius 1 is 1.06 bits per heavy atom. The fourth-order valence-corrected chi connectivity index (χ4v) is 4.69. The topological polar surface area (TPSA) is 107 Å². The normalized spacial score (nSPS) is 14.7. The zero-order valence-corrected chi connectivity index (χ0v) is 18.9. The lowest BCUT2D eigenvalue weighted by Gasteiger charge is -2.26. The van der Waals surface area contributed by atoms with E-state index in [1.165, 1.54) is 37.9 Å². The number of fused-ring (bicyclic) bond motifs is 3. The molecule has 170 valence electrons. The van der Waals surface area contributed by atoms with Crippen molar-refractivity contribution >= 4 is 33.6 Å². The molecule has 7 nitrogen and oxygen atoms in total. The summed E-state index contributed by atoms with van der Waals surface area (Å²) in [6.07, 6.45) is 5.76. The van der Waals surface area contributed by atoms with E-state index < -0.39 is 0 Å². The zero-order chi connectivity index (χ0) is 22.6. The number of H-pyrrole nitrogens is 1. The lowest BCUT2D eigenvalue weighted by molar-refractivity contribution is 0.228. The van der Waals surface area contributed by atoms with E-state index in [1.807, 2.05) is 36.4 Å². The first-order chi connectivity index (χ1) is 16.2. The van der Waals surface area contributed by atoms with Crippen LogP contribution in [0, 0.1) is 5.41 Å². The van der Waals surface area contributed by atoms with Crippen LogP contribution in [0.3, 0.4) is 0 Å². The number of hydrogen-bond donors (Lipinski definition) is 4. The molecule has 5 N–H and O–H groups in total. The molecule has 0 unspecified atom stereocenters. The second-order valence-corrected chi connectivity index (χ2v) is 8.86. The quantitative estimate of drug-likeness (QED) is 0.186. The fourth-order valence-electron chi connectivity index (χ4n) is 4.69. The number of nitrogens with two attached hydrogens (primary N) is 1. The molecular formula is C26H31N7. The van der Waals surface area contributed by atoms with E-state index in [9.17, 15) is 0 Å². The highest BCUT2D eigenvalue weighted by Gasteiger charge is 2.15. The van der Waals surface area contributed by atoms with Crippen molar-refractivity contribution in [1.82, 2.24) is 19.9 Å². The van der Waals surface area contributed by atoms with E-state index in [0.29, 0.717) is 12.0 Å². The summed E-state index contributed by atoms with van der Waals surface area (Å²) in [7, 11) is 0. The minimum absolute atomic E-state index is 0.0578. The highest BCUT2D eigenvalue weighted by Crippen LogP contribution is 2.30. The van der Waals surface area contributed by atoms with Crippen LogP contribution in [-0.2, 0) is 6.42 Å². The van der Waals surface area contributed by atoms with Gasteiger partial charge in [0.2, 0.25) is 0 Å². The van der Waals surface area contributed by atoms with Gasteiger partial charge in [0.25, 0.3) is 0 Å². The van der Waals surface area contributed by atoms with Crippen molar-refractivity contribution in [2.24, 2.45) is 5.73 Å². The molecule has 3 heterocycles. The molecule has 7 heteroatoms. The van der Waals surface area contributed by atoms with Gasteiger partial charge in [0.1, 0.15) is 23.1 Å². The third-order valence-corrected chi connectivity index (χ3v) is 6.41. The molecule has 1 aliphatic heterocycles. The van der Waals surface area contributed by atoms with Gasteiger partial charge in [-0.3, -0.25) is 5.41 Å². The van der Waals surface area contributed by atoms with Gasteiger partial charge in [0, 0.05) is 29.4 Å². The number of rotatable bonds is 8. The van der Waals surface area contributed by atoms with Gasteiger partial charge in [-0.1, -0.05) is 48.9 Å². The Bertz CT molecular complexity index is 1260. The van der Waals surface area contributed by atoms with E-state index in [0.717, 1.165) is 53.1 Å². The largest absolute Gasteiger partial charge is 0.384 e. The molecule has 2 aromatic heterocycles. The molecule has 0 saturated carbocycles. The Morgan fingerprint density at radius 3 is 2.67 bits per heavy atom. The molecule has 0 aliphatic carbocycles. The van der Waals surface area contributed by atoms with Crippen molar-refractivity contribution in [2.75, 3.05) is 31.5 Å². The van der Waals surface area contributed by atoms with Gasteiger partial charge in [-0.15, -0.1) is 0 Å². The first-order valence-corrected chi connectivity index (χ1v) is 11.8. The van der Waals surface area contributed by atoms with E-state index in [-0.39, 0.29) is 5.84 Å². The van der Waals surface area contributed by atoms with Gasteiger partial charge < -0.3 is 20.9 Å². The van der Waals surface area contributed by atoms with Gasteiger partial charge in [0.15, 0.2) is 0 Å². The molecule has 0 radical (unpaired) electrons. The van der Waals surface area contributed by atoms with Crippen LogP contribution in [0.25, 0.3) is 21.9 Å². The Kier molecular flexibility index (Phi) is 6.21. The maximum atomic E-state index is 7.76. The number of aromatic amines is 1. The predicted octanol–water partition coefficient (Wildman–Crippen LogP) is 4.27. The number of aromatic nitrogens is 3. The lowest BCUT2D eigenvalue weighted by atomic mass is 10.1. The van der Waals surface area contributed by atoms with Crippen LogP contribution in [0.15, 0.2) is 48.5 Å². The Balaban J connectivity index is 1.44. The summed E-state index contributed by atoms with van der Waals surface area (Å²) in [5, 5.41) is 13.4. The number of nitrogens with one attached hydrogen (secondary N) is 3. The second kappa shape index (κ2) is 9.58. The second-order valence-electron chi connectivity index (χ2n) is 8.86. The molecule has 5 rings (SSSR count). The number of amidine groups is 1. The van der Waals surface area contributed by atoms with Gasteiger partial charge >= 0.3 is 0 Å². The molecule has 33 heavy (non-hydrogen) atoms. The smallest absolute Gasteiger partial charge is 0.144 e. The van der Waals surface area contributed by atoms with Crippen LogP contribution in [0.1, 0.15) is 42.6 Å². The van der Waals surface area contributed by atoms with Crippen LogP contribution in [0.2, 0.25) is 0 Å². The Morgan fingerprint density at radius 2 is 1.88 bits per heavy atom. The maximum absolute atomic E-state index is 7.76. The third-order valence-electron chi connectivity index (χ3n) is 6.41. The van der Waals surface area contributed by atoms with Crippen molar-refractivity contribution < 1.29 is 0 Å². The molecule has 1 fully saturated rings. The maximum Gasteiger partial charge on any atom is 0.144 e. The van der Waals surface area contributed by atoms with Gasteiger partial charge in [-0.05, 0) is 50.5 Å². The molecule has 1 saturated heterocycles. The summed E-state index contributed by atoms with van der Waals surface area (Å²) < 4.78 is 0. The first-order valence-electron chi connectivity index (χ1n) is 11.8. The summed E-state index contributed by atoms with van der Waals surface area (Å²) in [5.41, 5.74) is 9.31.